The molecular weight excluding hydrogens is 366 g/mol. The predicted molar refractivity (Wildman–Crippen MR) is 126 cm³/mol. The zero-order chi connectivity index (χ0) is 20.4. The van der Waals surface area contributed by atoms with Gasteiger partial charge in [-0.2, -0.15) is 0 Å². The molecule has 144 valence electrons. The van der Waals surface area contributed by atoms with E-state index in [4.69, 9.17) is 9.40 Å². The van der Waals surface area contributed by atoms with Crippen molar-refractivity contribution in [3.05, 3.63) is 89.5 Å². The van der Waals surface area contributed by atoms with Crippen LogP contribution in [0.4, 0.5) is 0 Å². The molecule has 30 heavy (non-hydrogen) atoms. The first kappa shape index (κ1) is 17.2. The third-order valence-corrected chi connectivity index (χ3v) is 6.08. The minimum Gasteiger partial charge on any atom is -0.454 e. The van der Waals surface area contributed by atoms with Crippen LogP contribution in [0.25, 0.3) is 54.9 Å². The highest BCUT2D eigenvalue weighted by molar-refractivity contribution is 6.20. The van der Waals surface area contributed by atoms with Gasteiger partial charge >= 0.3 is 0 Å². The van der Waals surface area contributed by atoms with Gasteiger partial charge in [-0.25, -0.2) is 4.98 Å². The molecule has 0 spiro atoms. The van der Waals surface area contributed by atoms with Crippen molar-refractivity contribution in [2.45, 2.75) is 20.8 Å². The van der Waals surface area contributed by atoms with Crippen molar-refractivity contribution in [3.8, 4) is 11.3 Å². The van der Waals surface area contributed by atoms with Gasteiger partial charge in [0.1, 0.15) is 11.3 Å². The van der Waals surface area contributed by atoms with E-state index < -0.39 is 0 Å². The summed E-state index contributed by atoms with van der Waals surface area (Å²) in [4.78, 5) is 5.07. The number of hydrogen-bond donors (Lipinski definition) is 0. The number of aryl methyl sites for hydroxylation is 3. The van der Waals surface area contributed by atoms with Gasteiger partial charge in [-0.15, -0.1) is 0 Å². The summed E-state index contributed by atoms with van der Waals surface area (Å²) in [6.07, 6.45) is 0. The van der Waals surface area contributed by atoms with Crippen LogP contribution in [-0.2, 0) is 0 Å². The molecule has 2 heterocycles. The lowest BCUT2D eigenvalue weighted by Gasteiger charge is -2.12. The molecule has 6 aromatic rings. The minimum absolute atomic E-state index is 0.859. The highest BCUT2D eigenvalue weighted by atomic mass is 16.3. The normalized spacial score (nSPS) is 11.8. The zero-order valence-corrected chi connectivity index (χ0v) is 17.3. The second-order valence-electron chi connectivity index (χ2n) is 8.25. The van der Waals surface area contributed by atoms with Gasteiger partial charge in [0.05, 0.1) is 5.52 Å². The number of benzene rings is 4. The third kappa shape index (κ3) is 2.40. The molecule has 0 amide bonds. The van der Waals surface area contributed by atoms with E-state index in [-0.39, 0.29) is 0 Å². The molecule has 2 nitrogen and oxygen atoms in total. The fraction of sp³-hybridized carbons (Fsp3) is 0.107. The van der Waals surface area contributed by atoms with E-state index in [2.05, 4.69) is 75.4 Å². The van der Waals surface area contributed by atoms with Crippen LogP contribution in [0.3, 0.4) is 0 Å². The van der Waals surface area contributed by atoms with Crippen molar-refractivity contribution in [2.24, 2.45) is 0 Å². The Kier molecular flexibility index (Phi) is 3.54. The Labute approximate surface area is 174 Å². The summed E-state index contributed by atoms with van der Waals surface area (Å²) in [6.45, 7) is 6.53. The Morgan fingerprint density at radius 2 is 1.43 bits per heavy atom. The average Bonchev–Trinajstić information content (AvgIpc) is 3.12. The Morgan fingerprint density at radius 1 is 0.700 bits per heavy atom. The van der Waals surface area contributed by atoms with Gasteiger partial charge in [0.15, 0.2) is 5.58 Å². The number of hydrogen-bond acceptors (Lipinski definition) is 2. The van der Waals surface area contributed by atoms with Crippen molar-refractivity contribution >= 4 is 43.6 Å². The molecule has 0 unspecified atom stereocenters. The molecule has 0 atom stereocenters. The monoisotopic (exact) mass is 387 g/mol. The molecule has 0 bridgehead atoms. The molecular formula is C28H21NO. The van der Waals surface area contributed by atoms with E-state index in [0.29, 0.717) is 0 Å². The highest BCUT2D eigenvalue weighted by Crippen LogP contribution is 2.40. The molecule has 0 N–H and O–H groups in total. The van der Waals surface area contributed by atoms with E-state index in [1.165, 1.54) is 27.5 Å². The number of rotatable bonds is 1. The van der Waals surface area contributed by atoms with Crippen molar-refractivity contribution in [2.75, 3.05) is 0 Å². The molecule has 0 radical (unpaired) electrons. The van der Waals surface area contributed by atoms with Gasteiger partial charge in [-0.3, -0.25) is 0 Å². The maximum absolute atomic E-state index is 6.38. The van der Waals surface area contributed by atoms with Crippen LogP contribution in [0.1, 0.15) is 16.7 Å². The SMILES string of the molecule is Cc1cc(C)c2c(C)cc(-c3nc4ccccc4c4c3oc3ccccc34)cc2c1. The van der Waals surface area contributed by atoms with E-state index in [1.54, 1.807) is 0 Å². The van der Waals surface area contributed by atoms with Gasteiger partial charge < -0.3 is 4.42 Å². The summed E-state index contributed by atoms with van der Waals surface area (Å²) in [6, 6.07) is 25.6. The number of nitrogens with zero attached hydrogens (tertiary/aromatic N) is 1. The summed E-state index contributed by atoms with van der Waals surface area (Å²) < 4.78 is 6.38. The Balaban J connectivity index is 1.78. The van der Waals surface area contributed by atoms with E-state index in [0.717, 1.165) is 44.1 Å². The first-order valence-corrected chi connectivity index (χ1v) is 10.3. The topological polar surface area (TPSA) is 26.0 Å². The fourth-order valence-corrected chi connectivity index (χ4v) is 4.93. The van der Waals surface area contributed by atoms with Gasteiger partial charge in [0, 0.05) is 21.7 Å². The van der Waals surface area contributed by atoms with Crippen LogP contribution in [0.5, 0.6) is 0 Å². The Morgan fingerprint density at radius 3 is 2.30 bits per heavy atom. The molecule has 2 heteroatoms. The Hall–Kier alpha value is -3.65. The van der Waals surface area contributed by atoms with E-state index >= 15 is 0 Å². The number of furan rings is 1. The lowest BCUT2D eigenvalue weighted by Crippen LogP contribution is -1.91. The number of pyridine rings is 1. The second kappa shape index (κ2) is 6.17. The third-order valence-electron chi connectivity index (χ3n) is 6.08. The first-order valence-electron chi connectivity index (χ1n) is 10.3. The summed E-state index contributed by atoms with van der Waals surface area (Å²) in [5.41, 5.74) is 8.60. The number of aromatic nitrogens is 1. The first-order chi connectivity index (χ1) is 14.6. The minimum atomic E-state index is 0.859. The lowest BCUT2D eigenvalue weighted by atomic mass is 9.94. The number of para-hydroxylation sites is 2. The Bertz CT molecular complexity index is 1620. The molecule has 0 aliphatic heterocycles. The molecule has 0 aliphatic carbocycles. The van der Waals surface area contributed by atoms with Crippen molar-refractivity contribution in [3.63, 3.8) is 0 Å². The highest BCUT2D eigenvalue weighted by Gasteiger charge is 2.18. The zero-order valence-electron chi connectivity index (χ0n) is 17.3. The molecule has 4 aromatic carbocycles. The van der Waals surface area contributed by atoms with Crippen LogP contribution >= 0.6 is 0 Å². The largest absolute Gasteiger partial charge is 0.454 e. The number of fused-ring (bicyclic) bond motifs is 6. The van der Waals surface area contributed by atoms with Gasteiger partial charge in [-0.05, 0) is 66.9 Å². The van der Waals surface area contributed by atoms with Gasteiger partial charge in [0.2, 0.25) is 0 Å². The summed E-state index contributed by atoms with van der Waals surface area (Å²) >= 11 is 0. The molecule has 0 saturated heterocycles. The van der Waals surface area contributed by atoms with Crippen LogP contribution in [0.2, 0.25) is 0 Å². The van der Waals surface area contributed by atoms with Crippen LogP contribution in [0, 0.1) is 20.8 Å². The van der Waals surface area contributed by atoms with E-state index in [9.17, 15) is 0 Å². The van der Waals surface area contributed by atoms with Crippen LogP contribution < -0.4 is 0 Å². The maximum Gasteiger partial charge on any atom is 0.162 e. The van der Waals surface area contributed by atoms with Crippen molar-refractivity contribution in [1.29, 1.82) is 0 Å². The summed E-state index contributed by atoms with van der Waals surface area (Å²) in [7, 11) is 0. The van der Waals surface area contributed by atoms with Crippen molar-refractivity contribution in [1.82, 2.24) is 4.98 Å². The van der Waals surface area contributed by atoms with Gasteiger partial charge in [0.25, 0.3) is 0 Å². The molecule has 2 aromatic heterocycles. The summed E-state index contributed by atoms with van der Waals surface area (Å²) in [5.74, 6) is 0. The maximum atomic E-state index is 6.38. The lowest BCUT2D eigenvalue weighted by molar-refractivity contribution is 0.669. The average molecular weight is 387 g/mol. The van der Waals surface area contributed by atoms with Crippen LogP contribution in [-0.4, -0.2) is 4.98 Å². The molecule has 6 rings (SSSR count). The van der Waals surface area contributed by atoms with E-state index in [1.807, 2.05) is 18.2 Å². The fourth-order valence-electron chi connectivity index (χ4n) is 4.93. The smallest absolute Gasteiger partial charge is 0.162 e. The van der Waals surface area contributed by atoms with Crippen LogP contribution in [0.15, 0.2) is 77.2 Å². The van der Waals surface area contributed by atoms with Crippen molar-refractivity contribution < 1.29 is 4.42 Å². The predicted octanol–water partition coefficient (Wildman–Crippen LogP) is 7.88. The molecule has 0 fully saturated rings. The molecule has 0 aliphatic rings. The van der Waals surface area contributed by atoms with Gasteiger partial charge in [-0.1, -0.05) is 54.1 Å². The standard InChI is InChI=1S/C28H21NO/c1-16-12-17(2)25-18(3)14-20(15-19(25)13-16)27-28-26(21-8-4-6-10-23(21)29-27)22-9-5-7-11-24(22)30-28/h4-15H,1-3H3. The second-order valence-corrected chi connectivity index (χ2v) is 8.25. The summed E-state index contributed by atoms with van der Waals surface area (Å²) in [5, 5.41) is 5.99. The molecule has 0 saturated carbocycles. The quantitative estimate of drug-likeness (QED) is 0.287.